The van der Waals surface area contributed by atoms with Crippen molar-refractivity contribution in [2.45, 2.75) is 13.8 Å². The van der Waals surface area contributed by atoms with Crippen molar-refractivity contribution in [3.63, 3.8) is 0 Å². The summed E-state index contributed by atoms with van der Waals surface area (Å²) >= 11 is 0. The van der Waals surface area contributed by atoms with Crippen LogP contribution in [-0.4, -0.2) is 16.8 Å². The number of anilines is 1. The van der Waals surface area contributed by atoms with Crippen LogP contribution >= 0.6 is 0 Å². The fraction of sp³-hybridized carbons (Fsp3) is 0.188. The first-order valence-electron chi connectivity index (χ1n) is 6.81. The van der Waals surface area contributed by atoms with Crippen molar-refractivity contribution in [3.8, 4) is 5.69 Å². The van der Waals surface area contributed by atoms with Crippen molar-refractivity contribution >= 4 is 16.6 Å². The van der Waals surface area contributed by atoms with E-state index in [-0.39, 0.29) is 5.82 Å². The van der Waals surface area contributed by atoms with Gasteiger partial charge in [0.2, 0.25) is 0 Å². The van der Waals surface area contributed by atoms with E-state index in [0.29, 0.717) is 5.69 Å². The molecule has 4 N–H and O–H groups in total. The highest BCUT2D eigenvalue weighted by Crippen LogP contribution is 2.20. The Labute approximate surface area is 124 Å². The third kappa shape index (κ3) is 3.79. The zero-order chi connectivity index (χ0) is 15.8. The van der Waals surface area contributed by atoms with Crippen LogP contribution in [0.3, 0.4) is 0 Å². The van der Waals surface area contributed by atoms with Crippen LogP contribution in [0.25, 0.3) is 16.6 Å². The maximum Gasteiger partial charge on any atom is 0.123 e. The second kappa shape index (κ2) is 8.01. The molecule has 0 spiro atoms. The Morgan fingerprint density at radius 2 is 1.62 bits per heavy atom. The molecule has 1 aromatic heterocycles. The molecule has 0 aliphatic heterocycles. The molecule has 3 rings (SSSR count). The van der Waals surface area contributed by atoms with Crippen molar-refractivity contribution in [1.29, 1.82) is 0 Å². The standard InChI is InChI=1S/C13H10FN3.C2H6.CH5N/c14-10-1-4-12(5-2-10)17-13-6-3-11(15)7-9(13)8-16-17;2*1-2/h1-8H,15H2;1-2H3;2H2,1H3. The van der Waals surface area contributed by atoms with Gasteiger partial charge in [0.05, 0.1) is 17.4 Å². The van der Waals surface area contributed by atoms with E-state index in [4.69, 9.17) is 5.73 Å². The first kappa shape index (κ1) is 16.7. The lowest BCUT2D eigenvalue weighted by molar-refractivity contribution is 0.627. The highest BCUT2D eigenvalue weighted by atomic mass is 19.1. The molecule has 112 valence electrons. The van der Waals surface area contributed by atoms with E-state index in [2.05, 4.69) is 10.8 Å². The molecule has 0 saturated heterocycles. The largest absolute Gasteiger partial charge is 0.399 e. The number of rotatable bonds is 1. The highest BCUT2D eigenvalue weighted by molar-refractivity contribution is 5.83. The average molecular weight is 288 g/mol. The fourth-order valence-electron chi connectivity index (χ4n) is 1.84. The first-order valence-corrected chi connectivity index (χ1v) is 6.81. The zero-order valence-electron chi connectivity index (χ0n) is 12.5. The minimum absolute atomic E-state index is 0.255. The minimum Gasteiger partial charge on any atom is -0.399 e. The average Bonchev–Trinajstić information content (AvgIpc) is 2.95. The van der Waals surface area contributed by atoms with Crippen LogP contribution in [0.15, 0.2) is 48.7 Å². The lowest BCUT2D eigenvalue weighted by Crippen LogP contribution is -1.95. The van der Waals surface area contributed by atoms with Crippen molar-refractivity contribution < 1.29 is 4.39 Å². The number of fused-ring (bicyclic) bond motifs is 1. The molecule has 0 fully saturated rings. The molecular formula is C16H21FN4. The van der Waals surface area contributed by atoms with Crippen LogP contribution < -0.4 is 11.5 Å². The van der Waals surface area contributed by atoms with E-state index >= 15 is 0 Å². The van der Waals surface area contributed by atoms with Crippen LogP contribution in [-0.2, 0) is 0 Å². The molecule has 0 aliphatic carbocycles. The molecule has 0 radical (unpaired) electrons. The van der Waals surface area contributed by atoms with Crippen LogP contribution in [0.4, 0.5) is 10.1 Å². The van der Waals surface area contributed by atoms with Gasteiger partial charge in [-0.25, -0.2) is 9.07 Å². The number of halogens is 1. The van der Waals surface area contributed by atoms with Gasteiger partial charge < -0.3 is 11.5 Å². The summed E-state index contributed by atoms with van der Waals surface area (Å²) in [5.74, 6) is -0.255. The van der Waals surface area contributed by atoms with E-state index in [1.807, 2.05) is 32.0 Å². The summed E-state index contributed by atoms with van der Waals surface area (Å²) in [5.41, 5.74) is 12.7. The molecule has 2 aromatic carbocycles. The normalized spacial score (nSPS) is 9.38. The first-order chi connectivity index (χ1) is 10.2. The summed E-state index contributed by atoms with van der Waals surface area (Å²) in [6.07, 6.45) is 1.75. The molecule has 21 heavy (non-hydrogen) atoms. The quantitative estimate of drug-likeness (QED) is 0.675. The molecule has 3 aromatic rings. The Kier molecular flexibility index (Phi) is 6.36. The molecular weight excluding hydrogens is 267 g/mol. The summed E-state index contributed by atoms with van der Waals surface area (Å²) in [7, 11) is 1.50. The molecule has 0 saturated carbocycles. The van der Waals surface area contributed by atoms with Gasteiger partial charge in [-0.1, -0.05) is 13.8 Å². The van der Waals surface area contributed by atoms with Gasteiger partial charge in [-0.3, -0.25) is 0 Å². The number of nitrogens with zero attached hydrogens (tertiary/aromatic N) is 2. The Morgan fingerprint density at radius 3 is 2.24 bits per heavy atom. The molecule has 5 heteroatoms. The topological polar surface area (TPSA) is 69.9 Å². The smallest absolute Gasteiger partial charge is 0.123 e. The van der Waals surface area contributed by atoms with Gasteiger partial charge in [-0.15, -0.1) is 0 Å². The van der Waals surface area contributed by atoms with Gasteiger partial charge in [-0.05, 0) is 49.5 Å². The van der Waals surface area contributed by atoms with Gasteiger partial charge >= 0.3 is 0 Å². The van der Waals surface area contributed by atoms with E-state index in [1.165, 1.54) is 19.2 Å². The van der Waals surface area contributed by atoms with Crippen molar-refractivity contribution in [1.82, 2.24) is 9.78 Å². The molecule has 0 atom stereocenters. The number of nitrogen functional groups attached to an aromatic ring is 1. The molecule has 0 unspecified atom stereocenters. The SMILES string of the molecule is CC.CN.Nc1ccc2c(cnn2-c2ccc(F)cc2)c1. The van der Waals surface area contributed by atoms with Crippen LogP contribution in [0.1, 0.15) is 13.8 Å². The summed E-state index contributed by atoms with van der Waals surface area (Å²) in [6, 6.07) is 11.8. The number of hydrogen-bond acceptors (Lipinski definition) is 3. The highest BCUT2D eigenvalue weighted by Gasteiger charge is 2.04. The predicted molar refractivity (Wildman–Crippen MR) is 86.9 cm³/mol. The Hall–Kier alpha value is -2.40. The number of aromatic nitrogens is 2. The monoisotopic (exact) mass is 288 g/mol. The van der Waals surface area contributed by atoms with Crippen LogP contribution in [0, 0.1) is 5.82 Å². The fourth-order valence-corrected chi connectivity index (χ4v) is 1.84. The predicted octanol–water partition coefficient (Wildman–Crippen LogP) is 3.35. The lowest BCUT2D eigenvalue weighted by Gasteiger charge is -2.03. The number of nitrogens with two attached hydrogens (primary N) is 2. The summed E-state index contributed by atoms with van der Waals surface area (Å²) in [4.78, 5) is 0. The van der Waals surface area contributed by atoms with Crippen LogP contribution in [0.2, 0.25) is 0 Å². The Morgan fingerprint density at radius 1 is 1.00 bits per heavy atom. The van der Waals surface area contributed by atoms with Crippen LogP contribution in [0.5, 0.6) is 0 Å². The van der Waals surface area contributed by atoms with Crippen molar-refractivity contribution in [3.05, 3.63) is 54.5 Å². The molecule has 4 nitrogen and oxygen atoms in total. The summed E-state index contributed by atoms with van der Waals surface area (Å²) in [6.45, 7) is 4.00. The van der Waals surface area contributed by atoms with E-state index < -0.39 is 0 Å². The van der Waals surface area contributed by atoms with E-state index in [1.54, 1.807) is 23.0 Å². The third-order valence-electron chi connectivity index (χ3n) is 2.66. The van der Waals surface area contributed by atoms with E-state index in [9.17, 15) is 4.39 Å². The third-order valence-corrected chi connectivity index (χ3v) is 2.66. The number of benzene rings is 2. The summed E-state index contributed by atoms with van der Waals surface area (Å²) in [5, 5.41) is 5.24. The van der Waals surface area contributed by atoms with Crippen molar-refractivity contribution in [2.75, 3.05) is 12.8 Å². The molecule has 0 amide bonds. The molecule has 1 heterocycles. The lowest BCUT2D eigenvalue weighted by atomic mass is 10.2. The van der Waals surface area contributed by atoms with Gasteiger partial charge in [0, 0.05) is 11.1 Å². The second-order valence-corrected chi connectivity index (χ2v) is 3.85. The molecule has 0 aliphatic rings. The number of hydrogen-bond donors (Lipinski definition) is 2. The zero-order valence-corrected chi connectivity index (χ0v) is 12.5. The maximum absolute atomic E-state index is 12.8. The van der Waals surface area contributed by atoms with Gasteiger partial charge in [-0.2, -0.15) is 5.10 Å². The van der Waals surface area contributed by atoms with E-state index in [0.717, 1.165) is 16.6 Å². The minimum atomic E-state index is -0.255. The van der Waals surface area contributed by atoms with Crippen molar-refractivity contribution in [2.24, 2.45) is 5.73 Å². The van der Waals surface area contributed by atoms with Gasteiger partial charge in [0.15, 0.2) is 0 Å². The van der Waals surface area contributed by atoms with Gasteiger partial charge in [0.1, 0.15) is 5.82 Å². The second-order valence-electron chi connectivity index (χ2n) is 3.85. The Bertz CT molecular complexity index is 674. The molecule has 0 bridgehead atoms. The van der Waals surface area contributed by atoms with Gasteiger partial charge in [0.25, 0.3) is 0 Å². The maximum atomic E-state index is 12.8. The Balaban J connectivity index is 0.000000510. The summed E-state index contributed by atoms with van der Waals surface area (Å²) < 4.78 is 14.6.